The lowest BCUT2D eigenvalue weighted by molar-refractivity contribution is 0.430. The van der Waals surface area contributed by atoms with E-state index in [9.17, 15) is 8.78 Å². The highest BCUT2D eigenvalue weighted by Crippen LogP contribution is 2.18. The summed E-state index contributed by atoms with van der Waals surface area (Å²) >= 11 is 0. The van der Waals surface area contributed by atoms with Crippen LogP contribution in [0.1, 0.15) is 37.0 Å². The highest BCUT2D eigenvalue weighted by molar-refractivity contribution is 5.21. The fraction of sp³-hybridized carbons (Fsp3) is 0.333. The minimum absolute atomic E-state index is 0.212. The van der Waals surface area contributed by atoms with E-state index in [2.05, 4.69) is 5.32 Å². The first-order chi connectivity index (χ1) is 9.10. The molecule has 0 bridgehead atoms. The molecule has 102 valence electrons. The van der Waals surface area contributed by atoms with Gasteiger partial charge in [0.1, 0.15) is 23.2 Å². The van der Waals surface area contributed by atoms with Crippen LogP contribution in [0.4, 0.5) is 8.78 Å². The maximum Gasteiger partial charge on any atom is 0.130 e. The molecule has 1 N–H and O–H groups in total. The van der Waals surface area contributed by atoms with Gasteiger partial charge in [0.2, 0.25) is 0 Å². The minimum Gasteiger partial charge on any atom is -0.465 e. The topological polar surface area (TPSA) is 25.2 Å². The summed E-state index contributed by atoms with van der Waals surface area (Å²) in [5, 5.41) is 3.16. The van der Waals surface area contributed by atoms with Crippen LogP contribution in [-0.4, -0.2) is 0 Å². The summed E-state index contributed by atoms with van der Waals surface area (Å²) in [5.41, 5.74) is 0.448. The highest BCUT2D eigenvalue weighted by atomic mass is 19.1. The van der Waals surface area contributed by atoms with Crippen LogP contribution >= 0.6 is 0 Å². The molecule has 1 atom stereocenters. The van der Waals surface area contributed by atoms with Gasteiger partial charge in [0.15, 0.2) is 0 Å². The van der Waals surface area contributed by atoms with E-state index in [0.29, 0.717) is 12.1 Å². The van der Waals surface area contributed by atoms with Crippen molar-refractivity contribution in [3.63, 3.8) is 0 Å². The largest absolute Gasteiger partial charge is 0.465 e. The molecular formula is C15H17F2NO. The zero-order valence-corrected chi connectivity index (χ0v) is 11.0. The predicted molar refractivity (Wildman–Crippen MR) is 69.7 cm³/mol. The van der Waals surface area contributed by atoms with E-state index in [1.165, 1.54) is 12.1 Å². The molecule has 0 aliphatic rings. The van der Waals surface area contributed by atoms with Gasteiger partial charge in [-0.3, -0.25) is 0 Å². The lowest BCUT2D eigenvalue weighted by Crippen LogP contribution is -2.18. The van der Waals surface area contributed by atoms with E-state index in [1.807, 2.05) is 26.0 Å². The molecule has 2 nitrogen and oxygen atoms in total. The molecule has 4 heteroatoms. The third kappa shape index (κ3) is 3.41. The molecule has 0 amide bonds. The van der Waals surface area contributed by atoms with Gasteiger partial charge in [-0.05, 0) is 25.1 Å². The Kier molecular flexibility index (Phi) is 4.32. The van der Waals surface area contributed by atoms with Crippen LogP contribution in [-0.2, 0) is 13.0 Å². The smallest absolute Gasteiger partial charge is 0.130 e. The standard InChI is InChI=1S/C15H17F2NO/c1-3-12-5-6-13(19-12)9-18-10(2)14-7-4-11(16)8-15(14)17/h4-8,10,18H,3,9H2,1-2H3. The molecule has 0 spiro atoms. The Labute approximate surface area is 111 Å². The normalized spacial score (nSPS) is 12.6. The van der Waals surface area contributed by atoms with E-state index in [0.717, 1.165) is 24.0 Å². The predicted octanol–water partition coefficient (Wildman–Crippen LogP) is 3.97. The second kappa shape index (κ2) is 5.97. The Morgan fingerprint density at radius 3 is 2.53 bits per heavy atom. The molecule has 1 unspecified atom stereocenters. The molecule has 0 radical (unpaired) electrons. The summed E-state index contributed by atoms with van der Waals surface area (Å²) in [6, 6.07) is 7.24. The fourth-order valence-corrected chi connectivity index (χ4v) is 1.92. The number of halogens is 2. The first-order valence-electron chi connectivity index (χ1n) is 6.36. The van der Waals surface area contributed by atoms with Crippen molar-refractivity contribution in [2.24, 2.45) is 0 Å². The summed E-state index contributed by atoms with van der Waals surface area (Å²) in [4.78, 5) is 0. The summed E-state index contributed by atoms with van der Waals surface area (Å²) in [7, 11) is 0. The molecule has 1 aromatic carbocycles. The van der Waals surface area contributed by atoms with Gasteiger partial charge in [0, 0.05) is 24.1 Å². The van der Waals surface area contributed by atoms with Crippen LogP contribution in [0.15, 0.2) is 34.7 Å². The minimum atomic E-state index is -0.563. The Bertz CT molecular complexity index is 551. The van der Waals surface area contributed by atoms with Crippen molar-refractivity contribution in [1.82, 2.24) is 5.32 Å². The third-order valence-corrected chi connectivity index (χ3v) is 3.08. The quantitative estimate of drug-likeness (QED) is 0.884. The van der Waals surface area contributed by atoms with Gasteiger partial charge in [-0.2, -0.15) is 0 Å². The Balaban J connectivity index is 1.98. The average Bonchev–Trinajstić information content (AvgIpc) is 2.84. The van der Waals surface area contributed by atoms with Crippen molar-refractivity contribution in [2.75, 3.05) is 0 Å². The second-order valence-corrected chi connectivity index (χ2v) is 4.49. The van der Waals surface area contributed by atoms with Gasteiger partial charge < -0.3 is 9.73 Å². The summed E-state index contributed by atoms with van der Waals surface area (Å²) in [5.74, 6) is 0.643. The second-order valence-electron chi connectivity index (χ2n) is 4.49. The molecule has 0 fully saturated rings. The number of hydrogen-bond acceptors (Lipinski definition) is 2. The Morgan fingerprint density at radius 1 is 1.16 bits per heavy atom. The molecule has 0 saturated carbocycles. The Morgan fingerprint density at radius 2 is 1.89 bits per heavy atom. The van der Waals surface area contributed by atoms with Gasteiger partial charge in [-0.15, -0.1) is 0 Å². The Hall–Kier alpha value is -1.68. The van der Waals surface area contributed by atoms with Crippen molar-refractivity contribution < 1.29 is 13.2 Å². The maximum atomic E-state index is 13.6. The monoisotopic (exact) mass is 265 g/mol. The SMILES string of the molecule is CCc1ccc(CNC(C)c2ccc(F)cc2F)o1. The van der Waals surface area contributed by atoms with E-state index in [4.69, 9.17) is 4.42 Å². The van der Waals surface area contributed by atoms with Gasteiger partial charge in [-0.1, -0.05) is 13.0 Å². The summed E-state index contributed by atoms with van der Waals surface area (Å²) < 4.78 is 32.0. The number of aryl methyl sites for hydroxylation is 1. The molecule has 19 heavy (non-hydrogen) atoms. The first-order valence-corrected chi connectivity index (χ1v) is 6.36. The molecule has 1 aromatic heterocycles. The third-order valence-electron chi connectivity index (χ3n) is 3.08. The van der Waals surface area contributed by atoms with E-state index in [-0.39, 0.29) is 6.04 Å². The van der Waals surface area contributed by atoms with Crippen LogP contribution in [0.2, 0.25) is 0 Å². The number of nitrogens with one attached hydrogen (secondary N) is 1. The fourth-order valence-electron chi connectivity index (χ4n) is 1.92. The van der Waals surface area contributed by atoms with Gasteiger partial charge in [0.05, 0.1) is 6.54 Å². The number of benzene rings is 1. The first kappa shape index (κ1) is 13.7. The molecule has 2 rings (SSSR count). The number of furan rings is 1. The molecule has 2 aromatic rings. The molecular weight excluding hydrogens is 248 g/mol. The molecule has 0 aliphatic heterocycles. The average molecular weight is 265 g/mol. The lowest BCUT2D eigenvalue weighted by Gasteiger charge is -2.14. The number of hydrogen-bond donors (Lipinski definition) is 1. The zero-order valence-electron chi connectivity index (χ0n) is 11.0. The summed E-state index contributed by atoms with van der Waals surface area (Å²) in [6.07, 6.45) is 0.849. The van der Waals surface area contributed by atoms with Crippen LogP contribution in [0.25, 0.3) is 0 Å². The summed E-state index contributed by atoms with van der Waals surface area (Å²) in [6.45, 7) is 4.37. The van der Waals surface area contributed by atoms with Crippen molar-refractivity contribution in [2.45, 2.75) is 32.9 Å². The van der Waals surface area contributed by atoms with Gasteiger partial charge >= 0.3 is 0 Å². The van der Waals surface area contributed by atoms with Crippen LogP contribution in [0.3, 0.4) is 0 Å². The molecule has 0 aliphatic carbocycles. The van der Waals surface area contributed by atoms with E-state index >= 15 is 0 Å². The highest BCUT2D eigenvalue weighted by Gasteiger charge is 2.12. The van der Waals surface area contributed by atoms with Crippen LogP contribution < -0.4 is 5.32 Å². The molecule has 1 heterocycles. The van der Waals surface area contributed by atoms with E-state index in [1.54, 1.807) is 0 Å². The zero-order chi connectivity index (χ0) is 13.8. The van der Waals surface area contributed by atoms with Crippen molar-refractivity contribution in [1.29, 1.82) is 0 Å². The van der Waals surface area contributed by atoms with Gasteiger partial charge in [-0.25, -0.2) is 8.78 Å². The van der Waals surface area contributed by atoms with E-state index < -0.39 is 11.6 Å². The van der Waals surface area contributed by atoms with Crippen molar-refractivity contribution >= 4 is 0 Å². The van der Waals surface area contributed by atoms with Gasteiger partial charge in [0.25, 0.3) is 0 Å². The molecule has 0 saturated heterocycles. The lowest BCUT2D eigenvalue weighted by atomic mass is 10.1. The van der Waals surface area contributed by atoms with Crippen molar-refractivity contribution in [3.05, 3.63) is 59.1 Å². The van der Waals surface area contributed by atoms with Crippen LogP contribution in [0.5, 0.6) is 0 Å². The number of rotatable bonds is 5. The van der Waals surface area contributed by atoms with Crippen molar-refractivity contribution in [3.8, 4) is 0 Å². The van der Waals surface area contributed by atoms with Crippen LogP contribution in [0, 0.1) is 11.6 Å². The maximum absolute atomic E-state index is 13.6.